The Labute approximate surface area is 149 Å². The average molecular weight is 335 g/mol. The lowest BCUT2D eigenvalue weighted by Gasteiger charge is -2.40. The van der Waals surface area contributed by atoms with Crippen molar-refractivity contribution in [2.24, 2.45) is 5.92 Å². The normalized spacial score (nSPS) is 19.4. The third-order valence-electron chi connectivity index (χ3n) is 4.98. The number of hydrogen-bond donors (Lipinski definition) is 1. The third-order valence-corrected chi connectivity index (χ3v) is 4.98. The molecule has 0 radical (unpaired) electrons. The number of allylic oxidation sites excluding steroid dienone is 1. The van der Waals surface area contributed by atoms with Crippen LogP contribution in [0.2, 0.25) is 0 Å². The number of rotatable bonds is 5. The summed E-state index contributed by atoms with van der Waals surface area (Å²) >= 11 is 0. The van der Waals surface area contributed by atoms with E-state index < -0.39 is 5.54 Å². The van der Waals surface area contributed by atoms with E-state index in [1.54, 1.807) is 0 Å². The minimum atomic E-state index is -0.932. The fourth-order valence-electron chi connectivity index (χ4n) is 3.76. The van der Waals surface area contributed by atoms with Gasteiger partial charge in [0.25, 0.3) is 0 Å². The van der Waals surface area contributed by atoms with E-state index in [0.717, 1.165) is 30.5 Å². The molecule has 2 aromatic rings. The molecule has 0 saturated heterocycles. The van der Waals surface area contributed by atoms with Crippen molar-refractivity contribution in [3.8, 4) is 0 Å². The van der Waals surface area contributed by atoms with Gasteiger partial charge in [0.2, 0.25) is 0 Å². The van der Waals surface area contributed by atoms with E-state index in [-0.39, 0.29) is 11.9 Å². The van der Waals surface area contributed by atoms with Gasteiger partial charge in [0.1, 0.15) is 0 Å². The highest BCUT2D eigenvalue weighted by molar-refractivity contribution is 5.87. The van der Waals surface area contributed by atoms with E-state index in [2.05, 4.69) is 18.3 Å². The average Bonchev–Trinajstić information content (AvgIpc) is 2.67. The molecular weight excluding hydrogens is 310 g/mol. The Morgan fingerprint density at radius 1 is 1.08 bits per heavy atom. The Morgan fingerprint density at radius 3 is 2.32 bits per heavy atom. The summed E-state index contributed by atoms with van der Waals surface area (Å²) < 4.78 is 5.30. The van der Waals surface area contributed by atoms with Crippen LogP contribution in [0.3, 0.4) is 0 Å². The molecule has 1 aliphatic rings. The van der Waals surface area contributed by atoms with Crippen molar-refractivity contribution in [2.45, 2.75) is 31.7 Å². The van der Waals surface area contributed by atoms with Gasteiger partial charge in [0, 0.05) is 11.6 Å². The minimum Gasteiger partial charge on any atom is -0.467 e. The fourth-order valence-corrected chi connectivity index (χ4v) is 3.76. The third kappa shape index (κ3) is 3.46. The van der Waals surface area contributed by atoms with Crippen LogP contribution < -0.4 is 5.32 Å². The van der Waals surface area contributed by atoms with Gasteiger partial charge in [-0.15, -0.1) is 0 Å². The number of nitrogens with one attached hydrogen (secondary N) is 1. The molecule has 0 aromatic heterocycles. The lowest BCUT2D eigenvalue weighted by molar-refractivity contribution is -0.148. The Kier molecular flexibility index (Phi) is 5.22. The van der Waals surface area contributed by atoms with Crippen LogP contribution in [-0.4, -0.2) is 13.1 Å². The highest BCUT2D eigenvalue weighted by Gasteiger charge is 2.48. The maximum atomic E-state index is 13.1. The smallest absolute Gasteiger partial charge is 0.336 e. The molecule has 0 saturated carbocycles. The summed E-state index contributed by atoms with van der Waals surface area (Å²) in [6.45, 7) is 2.14. The molecule has 0 spiro atoms. The molecular formula is C22H25NO2. The zero-order chi connectivity index (χ0) is 17.7. The number of para-hydroxylation sites is 1. The van der Waals surface area contributed by atoms with Gasteiger partial charge in [0.05, 0.1) is 7.11 Å². The minimum absolute atomic E-state index is 0.0382. The first-order chi connectivity index (χ1) is 12.2. The van der Waals surface area contributed by atoms with Gasteiger partial charge in [-0.25, -0.2) is 4.79 Å². The van der Waals surface area contributed by atoms with Gasteiger partial charge in [-0.2, -0.15) is 0 Å². The van der Waals surface area contributed by atoms with Crippen LogP contribution in [0.15, 0.2) is 72.3 Å². The Hall–Kier alpha value is -2.55. The second-order valence-corrected chi connectivity index (χ2v) is 6.67. The van der Waals surface area contributed by atoms with Gasteiger partial charge in [-0.3, -0.25) is 0 Å². The molecule has 2 atom stereocenters. The van der Waals surface area contributed by atoms with Gasteiger partial charge < -0.3 is 10.1 Å². The highest BCUT2D eigenvalue weighted by Crippen LogP contribution is 2.41. The fraction of sp³-hybridized carbons (Fsp3) is 0.318. The number of benzene rings is 2. The second-order valence-electron chi connectivity index (χ2n) is 6.67. The van der Waals surface area contributed by atoms with Gasteiger partial charge >= 0.3 is 5.97 Å². The van der Waals surface area contributed by atoms with Crippen molar-refractivity contribution in [2.75, 3.05) is 12.4 Å². The highest BCUT2D eigenvalue weighted by atomic mass is 16.5. The predicted molar refractivity (Wildman–Crippen MR) is 101 cm³/mol. The molecule has 3 rings (SSSR count). The second kappa shape index (κ2) is 7.56. The molecule has 1 aliphatic carbocycles. The number of carbonyl (C=O) groups is 1. The molecule has 1 N–H and O–H groups in total. The lowest BCUT2D eigenvalue weighted by atomic mass is 9.72. The quantitative estimate of drug-likeness (QED) is 0.623. The maximum absolute atomic E-state index is 13.1. The van der Waals surface area contributed by atoms with Crippen molar-refractivity contribution in [3.05, 3.63) is 77.9 Å². The van der Waals surface area contributed by atoms with Crippen molar-refractivity contribution >= 4 is 11.7 Å². The van der Waals surface area contributed by atoms with Crippen LogP contribution in [0.4, 0.5) is 5.69 Å². The van der Waals surface area contributed by atoms with Crippen molar-refractivity contribution < 1.29 is 9.53 Å². The van der Waals surface area contributed by atoms with Gasteiger partial charge in [-0.05, 0) is 43.9 Å². The number of anilines is 1. The van der Waals surface area contributed by atoms with Crippen molar-refractivity contribution in [3.63, 3.8) is 0 Å². The first-order valence-electron chi connectivity index (χ1n) is 8.81. The Morgan fingerprint density at radius 2 is 1.72 bits per heavy atom. The summed E-state index contributed by atoms with van der Waals surface area (Å²) in [5, 5.41) is 3.53. The van der Waals surface area contributed by atoms with E-state index in [1.165, 1.54) is 12.7 Å². The summed E-state index contributed by atoms with van der Waals surface area (Å²) in [7, 11) is 1.46. The van der Waals surface area contributed by atoms with Crippen LogP contribution in [-0.2, 0) is 15.1 Å². The molecule has 0 bridgehead atoms. The van der Waals surface area contributed by atoms with Gasteiger partial charge in [-0.1, -0.05) is 60.2 Å². The Bertz CT molecular complexity index is 739. The van der Waals surface area contributed by atoms with Crippen LogP contribution in [0.1, 0.15) is 31.7 Å². The van der Waals surface area contributed by atoms with E-state index >= 15 is 0 Å². The van der Waals surface area contributed by atoms with E-state index in [9.17, 15) is 4.79 Å². The molecule has 3 heteroatoms. The largest absolute Gasteiger partial charge is 0.467 e. The molecule has 0 aliphatic heterocycles. The number of esters is 1. The van der Waals surface area contributed by atoms with Crippen LogP contribution in [0, 0.1) is 5.92 Å². The molecule has 25 heavy (non-hydrogen) atoms. The number of carbonyl (C=O) groups excluding carboxylic acids is 1. The van der Waals surface area contributed by atoms with E-state index in [0.29, 0.717) is 0 Å². The standard InChI is InChI=1S/C22H25NO2/c1-17-10-9-13-19(16-17)22(21(24)25-2,18-11-5-3-6-12-18)23-20-14-7-4-8-15-20/h3-8,11-12,14-16,19,23H,9-10,13H2,1-2H3/t19-,22-/m0/s1. The van der Waals surface area contributed by atoms with E-state index in [1.807, 2.05) is 60.7 Å². The van der Waals surface area contributed by atoms with Crippen LogP contribution in [0.5, 0.6) is 0 Å². The van der Waals surface area contributed by atoms with E-state index in [4.69, 9.17) is 4.74 Å². The molecule has 2 aromatic carbocycles. The SMILES string of the molecule is COC(=O)[C@](Nc1ccccc1)(c1ccccc1)[C@@H]1C=C(C)CCC1. The molecule has 0 unspecified atom stereocenters. The topological polar surface area (TPSA) is 38.3 Å². The number of ether oxygens (including phenoxy) is 1. The first-order valence-corrected chi connectivity index (χ1v) is 8.81. The van der Waals surface area contributed by atoms with Crippen molar-refractivity contribution in [1.82, 2.24) is 0 Å². The van der Waals surface area contributed by atoms with Crippen LogP contribution in [0.25, 0.3) is 0 Å². The zero-order valence-electron chi connectivity index (χ0n) is 14.9. The zero-order valence-corrected chi connectivity index (χ0v) is 14.9. The molecule has 0 heterocycles. The summed E-state index contributed by atoms with van der Waals surface area (Å²) in [5.74, 6) is -0.213. The predicted octanol–water partition coefficient (Wildman–Crippen LogP) is 4.91. The first kappa shape index (κ1) is 17.3. The lowest BCUT2D eigenvalue weighted by Crippen LogP contribution is -2.50. The number of hydrogen-bond acceptors (Lipinski definition) is 3. The summed E-state index contributed by atoms with van der Waals surface area (Å²) in [6, 6.07) is 19.8. The summed E-state index contributed by atoms with van der Waals surface area (Å²) in [5.41, 5.74) is 2.24. The summed E-state index contributed by atoms with van der Waals surface area (Å²) in [6.07, 6.45) is 5.35. The molecule has 0 fully saturated rings. The van der Waals surface area contributed by atoms with Gasteiger partial charge in [0.15, 0.2) is 5.54 Å². The molecule has 3 nitrogen and oxygen atoms in total. The molecule has 130 valence electrons. The van der Waals surface area contributed by atoms with Crippen LogP contribution >= 0.6 is 0 Å². The Balaban J connectivity index is 2.16. The monoisotopic (exact) mass is 335 g/mol. The maximum Gasteiger partial charge on any atom is 0.336 e. The molecule has 0 amide bonds. The number of methoxy groups -OCH3 is 1. The van der Waals surface area contributed by atoms with Crippen molar-refractivity contribution in [1.29, 1.82) is 0 Å². The summed E-state index contributed by atoms with van der Waals surface area (Å²) in [4.78, 5) is 13.1.